The van der Waals surface area contributed by atoms with Gasteiger partial charge in [-0.2, -0.15) is 0 Å². The fourth-order valence-corrected chi connectivity index (χ4v) is 3.08. The van der Waals surface area contributed by atoms with Crippen LogP contribution in [0.15, 0.2) is 36.4 Å². The molecular formula is C18H19N3. The minimum atomic E-state index is 0.0419. The summed E-state index contributed by atoms with van der Waals surface area (Å²) in [5, 5.41) is 4.88. The van der Waals surface area contributed by atoms with Crippen LogP contribution in [0.5, 0.6) is 0 Å². The number of nitrogens with one attached hydrogen (secondary N) is 1. The second-order valence-corrected chi connectivity index (χ2v) is 6.67. The van der Waals surface area contributed by atoms with Crippen molar-refractivity contribution in [2.24, 2.45) is 5.41 Å². The zero-order valence-electron chi connectivity index (χ0n) is 12.6. The van der Waals surface area contributed by atoms with Crippen molar-refractivity contribution in [2.75, 3.05) is 5.32 Å². The number of imidazole rings is 1. The molecule has 3 nitrogen and oxygen atoms in total. The van der Waals surface area contributed by atoms with Gasteiger partial charge in [0, 0.05) is 28.9 Å². The number of hydrogen-bond acceptors (Lipinski definition) is 2. The zero-order chi connectivity index (χ0) is 14.6. The van der Waals surface area contributed by atoms with Gasteiger partial charge in [0.05, 0.1) is 5.35 Å². The maximum Gasteiger partial charge on any atom is 0.134 e. The van der Waals surface area contributed by atoms with Gasteiger partial charge in [-0.15, -0.1) is 0 Å². The summed E-state index contributed by atoms with van der Waals surface area (Å²) >= 11 is 0. The van der Waals surface area contributed by atoms with Crippen LogP contribution in [0.25, 0.3) is 23.0 Å². The van der Waals surface area contributed by atoms with E-state index in [1.807, 2.05) is 0 Å². The first-order chi connectivity index (χ1) is 10.1. The molecular weight excluding hydrogens is 258 g/mol. The highest BCUT2D eigenvalue weighted by Crippen LogP contribution is 2.35. The normalized spacial score (nSPS) is 15.7. The van der Waals surface area contributed by atoms with Gasteiger partial charge >= 0.3 is 0 Å². The fourth-order valence-electron chi connectivity index (χ4n) is 3.08. The van der Waals surface area contributed by atoms with Crippen LogP contribution in [0.4, 0.5) is 5.69 Å². The Kier molecular flexibility index (Phi) is 2.43. The molecule has 1 aromatic carbocycles. The number of benzene rings is 1. The Labute approximate surface area is 124 Å². The molecule has 3 heterocycles. The Balaban J connectivity index is 2.16. The number of hydrogen-bond donors (Lipinski definition) is 1. The number of fused-ring (bicyclic) bond motifs is 5. The highest BCUT2D eigenvalue weighted by Gasteiger charge is 2.28. The van der Waals surface area contributed by atoms with Gasteiger partial charge in [0.1, 0.15) is 11.2 Å². The number of nitrogens with zero attached hydrogens (tertiary/aromatic N) is 2. The van der Waals surface area contributed by atoms with Crippen LogP contribution in [-0.4, -0.2) is 9.55 Å². The van der Waals surface area contributed by atoms with Gasteiger partial charge < -0.3 is 9.88 Å². The largest absolute Gasteiger partial charge is 0.356 e. The molecule has 0 spiro atoms. The Morgan fingerprint density at radius 3 is 2.81 bits per heavy atom. The van der Waals surface area contributed by atoms with E-state index >= 15 is 0 Å². The Bertz CT molecular complexity index is 876. The minimum Gasteiger partial charge on any atom is -0.356 e. The predicted molar refractivity (Wildman–Crippen MR) is 87.0 cm³/mol. The molecule has 0 bridgehead atoms. The van der Waals surface area contributed by atoms with E-state index in [2.05, 4.69) is 73.1 Å². The Morgan fingerprint density at radius 1 is 1.19 bits per heavy atom. The Morgan fingerprint density at radius 2 is 2.00 bits per heavy atom. The molecule has 1 aromatic heterocycles. The summed E-state index contributed by atoms with van der Waals surface area (Å²) in [7, 11) is 0. The first kappa shape index (κ1) is 12.5. The highest BCUT2D eigenvalue weighted by molar-refractivity contribution is 5.87. The van der Waals surface area contributed by atoms with Crippen LogP contribution in [0.1, 0.15) is 20.8 Å². The highest BCUT2D eigenvalue weighted by atomic mass is 15.1. The number of allylic oxidation sites excluding steroid dienone is 2. The van der Waals surface area contributed by atoms with Gasteiger partial charge in [-0.05, 0) is 12.1 Å². The quantitative estimate of drug-likeness (QED) is 0.802. The molecule has 0 radical (unpaired) electrons. The number of rotatable bonds is 0. The maximum atomic E-state index is 4.89. The second kappa shape index (κ2) is 4.10. The van der Waals surface area contributed by atoms with E-state index < -0.39 is 0 Å². The third-order valence-electron chi connectivity index (χ3n) is 4.10. The molecule has 0 amide bonds. The van der Waals surface area contributed by atoms with Crippen LogP contribution in [0.3, 0.4) is 0 Å². The summed E-state index contributed by atoms with van der Waals surface area (Å²) in [5.74, 6) is 0. The van der Waals surface area contributed by atoms with Crippen molar-refractivity contribution >= 4 is 17.5 Å². The molecule has 106 valence electrons. The summed E-state index contributed by atoms with van der Waals surface area (Å²) in [6.07, 6.45) is 6.35. The van der Waals surface area contributed by atoms with Gasteiger partial charge in [0.15, 0.2) is 0 Å². The van der Waals surface area contributed by atoms with Crippen LogP contribution >= 0.6 is 0 Å². The summed E-state index contributed by atoms with van der Waals surface area (Å²) in [5.41, 5.74) is 5.78. The van der Waals surface area contributed by atoms with Crippen molar-refractivity contribution in [1.82, 2.24) is 9.55 Å². The lowest BCUT2D eigenvalue weighted by Gasteiger charge is -2.29. The molecule has 2 aliphatic rings. The lowest BCUT2D eigenvalue weighted by atomic mass is 9.88. The topological polar surface area (TPSA) is 29.9 Å². The molecule has 0 saturated heterocycles. The third kappa shape index (κ3) is 1.77. The molecule has 21 heavy (non-hydrogen) atoms. The van der Waals surface area contributed by atoms with E-state index in [-0.39, 0.29) is 5.41 Å². The van der Waals surface area contributed by atoms with Gasteiger partial charge in [0.2, 0.25) is 0 Å². The molecule has 0 unspecified atom stereocenters. The first-order valence-electron chi connectivity index (χ1n) is 7.40. The summed E-state index contributed by atoms with van der Waals surface area (Å²) in [4.78, 5) is 4.89. The van der Waals surface area contributed by atoms with Crippen LogP contribution in [-0.2, 0) is 6.54 Å². The van der Waals surface area contributed by atoms with E-state index in [1.165, 1.54) is 16.6 Å². The zero-order valence-corrected chi connectivity index (χ0v) is 12.6. The SMILES string of the molecule is CC(C)(C)C1=c2c(nc3n2CC=CC=3)-c2ccccc2N1. The van der Waals surface area contributed by atoms with Crippen molar-refractivity contribution in [2.45, 2.75) is 27.3 Å². The van der Waals surface area contributed by atoms with E-state index in [9.17, 15) is 0 Å². The lowest BCUT2D eigenvalue weighted by molar-refractivity contribution is 0.554. The average Bonchev–Trinajstić information content (AvgIpc) is 2.85. The number of anilines is 1. The van der Waals surface area contributed by atoms with Gasteiger partial charge in [-0.1, -0.05) is 51.1 Å². The fraction of sp³-hybridized carbons (Fsp3) is 0.278. The number of aromatic nitrogens is 2. The molecule has 3 heteroatoms. The number of para-hydroxylation sites is 1. The first-order valence-corrected chi connectivity index (χ1v) is 7.40. The third-order valence-corrected chi connectivity index (χ3v) is 4.10. The smallest absolute Gasteiger partial charge is 0.134 e. The molecule has 2 aliphatic heterocycles. The van der Waals surface area contributed by atoms with Crippen LogP contribution in [0.2, 0.25) is 0 Å². The molecule has 0 saturated carbocycles. The predicted octanol–water partition coefficient (Wildman–Crippen LogP) is 2.48. The van der Waals surface area contributed by atoms with Crippen molar-refractivity contribution in [3.8, 4) is 11.3 Å². The second-order valence-electron chi connectivity index (χ2n) is 6.67. The minimum absolute atomic E-state index is 0.0419. The van der Waals surface area contributed by atoms with Crippen LogP contribution in [0, 0.1) is 5.41 Å². The summed E-state index contributed by atoms with van der Waals surface area (Å²) in [6, 6.07) is 8.42. The van der Waals surface area contributed by atoms with Crippen molar-refractivity contribution < 1.29 is 0 Å². The molecule has 2 aromatic rings. The van der Waals surface area contributed by atoms with Crippen molar-refractivity contribution in [3.05, 3.63) is 47.2 Å². The van der Waals surface area contributed by atoms with E-state index in [0.29, 0.717) is 0 Å². The average molecular weight is 277 g/mol. The standard InChI is InChI=1S/C18H19N3/c1-18(2,3)17-16-15(12-8-4-5-9-13(12)19-17)20-14-10-6-7-11-21(14)16/h4-10,19H,11H2,1-3H3. The molecule has 0 fully saturated rings. The molecule has 0 atom stereocenters. The van der Waals surface area contributed by atoms with Gasteiger partial charge in [0.25, 0.3) is 0 Å². The van der Waals surface area contributed by atoms with Crippen molar-refractivity contribution in [3.63, 3.8) is 0 Å². The van der Waals surface area contributed by atoms with Crippen LogP contribution < -0.4 is 16.1 Å². The summed E-state index contributed by atoms with van der Waals surface area (Å²) in [6.45, 7) is 7.62. The van der Waals surface area contributed by atoms with Gasteiger partial charge in [-0.3, -0.25) is 0 Å². The Hall–Kier alpha value is -2.29. The molecule has 0 aliphatic carbocycles. The van der Waals surface area contributed by atoms with E-state index in [4.69, 9.17) is 4.98 Å². The monoisotopic (exact) mass is 277 g/mol. The van der Waals surface area contributed by atoms with E-state index in [1.54, 1.807) is 0 Å². The van der Waals surface area contributed by atoms with E-state index in [0.717, 1.165) is 23.4 Å². The summed E-state index contributed by atoms with van der Waals surface area (Å²) < 4.78 is 2.30. The maximum absolute atomic E-state index is 4.89. The molecule has 1 N–H and O–H groups in total. The molecule has 4 rings (SSSR count). The van der Waals surface area contributed by atoms with Crippen molar-refractivity contribution in [1.29, 1.82) is 0 Å². The lowest BCUT2D eigenvalue weighted by Crippen LogP contribution is -2.36. The van der Waals surface area contributed by atoms with Gasteiger partial charge in [-0.25, -0.2) is 4.98 Å².